The van der Waals surface area contributed by atoms with Crippen molar-refractivity contribution in [3.63, 3.8) is 0 Å². The minimum Gasteiger partial charge on any atom is -0.465 e. The van der Waals surface area contributed by atoms with E-state index in [9.17, 15) is 9.90 Å². The number of hydrogen-bond acceptors (Lipinski definition) is 3. The summed E-state index contributed by atoms with van der Waals surface area (Å²) in [7, 11) is 3.84. The lowest BCUT2D eigenvalue weighted by Gasteiger charge is -2.33. The highest BCUT2D eigenvalue weighted by molar-refractivity contribution is 5.84. The summed E-state index contributed by atoms with van der Waals surface area (Å²) in [5, 5.41) is 11.1. The number of carboxylic acid groups (broad SMARTS) is 1. The van der Waals surface area contributed by atoms with Crippen molar-refractivity contribution in [2.45, 2.75) is 65.1 Å². The molecule has 1 fully saturated rings. The number of amides is 1. The lowest BCUT2D eigenvalue weighted by molar-refractivity contribution is -0.0426. The number of rotatable bonds is 9. The third kappa shape index (κ3) is 5.24. The normalized spacial score (nSPS) is 19.5. The first-order valence-corrected chi connectivity index (χ1v) is 11.4. The van der Waals surface area contributed by atoms with Gasteiger partial charge in [-0.15, -0.1) is 0 Å². The van der Waals surface area contributed by atoms with Gasteiger partial charge in [0.05, 0.1) is 12.6 Å². The summed E-state index contributed by atoms with van der Waals surface area (Å²) in [5.74, 6) is 0.828. The summed E-state index contributed by atoms with van der Waals surface area (Å²) in [5.41, 5.74) is 3.16. The van der Waals surface area contributed by atoms with E-state index >= 15 is 0 Å². The van der Waals surface area contributed by atoms with Gasteiger partial charge in [-0.2, -0.15) is 0 Å². The standard InChI is InChI=1S/C25H38N2O4/c1-17(2)20(14-21-16-31-25(3,4)27(21)24(28)29)12-18-9-10-23-22(13-18)19(15-26(23)5)8-7-11-30-6/h9-10,13,15,17,20-21H,7-8,11-12,14,16H2,1-6H3,(H,28,29). The second kappa shape index (κ2) is 9.61. The van der Waals surface area contributed by atoms with Gasteiger partial charge in [-0.3, -0.25) is 4.90 Å². The highest BCUT2D eigenvalue weighted by Crippen LogP contribution is 2.34. The van der Waals surface area contributed by atoms with Crippen LogP contribution in [0.25, 0.3) is 10.9 Å². The molecule has 0 aliphatic carbocycles. The Morgan fingerprint density at radius 1 is 1.35 bits per heavy atom. The largest absolute Gasteiger partial charge is 0.465 e. The monoisotopic (exact) mass is 430 g/mol. The molecule has 1 aromatic heterocycles. The quantitative estimate of drug-likeness (QED) is 0.564. The van der Waals surface area contributed by atoms with Crippen LogP contribution in [0, 0.1) is 11.8 Å². The van der Waals surface area contributed by atoms with Crippen molar-refractivity contribution in [1.82, 2.24) is 9.47 Å². The number of fused-ring (bicyclic) bond motifs is 1. The SMILES string of the molecule is COCCCc1cn(C)c2ccc(CC(CC3COC(C)(C)N3C(=O)O)C(C)C)cc12. The van der Waals surface area contributed by atoms with E-state index in [1.54, 1.807) is 7.11 Å². The van der Waals surface area contributed by atoms with Crippen LogP contribution in [0.1, 0.15) is 51.7 Å². The number of ether oxygens (including phenoxy) is 2. The fraction of sp³-hybridized carbons (Fsp3) is 0.640. The van der Waals surface area contributed by atoms with Gasteiger partial charge in [0, 0.05) is 37.9 Å². The van der Waals surface area contributed by atoms with Crippen molar-refractivity contribution in [3.8, 4) is 0 Å². The molecule has 1 aromatic carbocycles. The first kappa shape index (κ1) is 23.6. The molecular weight excluding hydrogens is 392 g/mol. The summed E-state index contributed by atoms with van der Waals surface area (Å²) in [6, 6.07) is 6.66. The molecule has 1 aliphatic rings. The molecule has 0 radical (unpaired) electrons. The number of aromatic nitrogens is 1. The summed E-state index contributed by atoms with van der Waals surface area (Å²) in [6.45, 7) is 9.36. The van der Waals surface area contributed by atoms with Crippen LogP contribution in [0.15, 0.2) is 24.4 Å². The van der Waals surface area contributed by atoms with Gasteiger partial charge in [0.15, 0.2) is 0 Å². The predicted molar refractivity (Wildman–Crippen MR) is 123 cm³/mol. The Kier molecular flexibility index (Phi) is 7.32. The van der Waals surface area contributed by atoms with Crippen LogP contribution >= 0.6 is 0 Å². The Morgan fingerprint density at radius 3 is 2.74 bits per heavy atom. The van der Waals surface area contributed by atoms with Crippen molar-refractivity contribution in [2.24, 2.45) is 18.9 Å². The van der Waals surface area contributed by atoms with Crippen molar-refractivity contribution < 1.29 is 19.4 Å². The molecule has 2 aromatic rings. The summed E-state index contributed by atoms with van der Waals surface area (Å²) >= 11 is 0. The zero-order valence-electron chi connectivity index (χ0n) is 19.9. The molecule has 1 amide bonds. The Morgan fingerprint density at radius 2 is 2.10 bits per heavy atom. The van der Waals surface area contributed by atoms with Crippen LogP contribution in [-0.2, 0) is 29.4 Å². The summed E-state index contributed by atoms with van der Waals surface area (Å²) in [6.07, 6.45) is 5.08. The lowest BCUT2D eigenvalue weighted by Crippen LogP contribution is -2.48. The van der Waals surface area contributed by atoms with E-state index in [0.717, 1.165) is 32.3 Å². The highest BCUT2D eigenvalue weighted by atomic mass is 16.5. The smallest absolute Gasteiger partial charge is 0.409 e. The van der Waals surface area contributed by atoms with Crippen molar-refractivity contribution in [1.29, 1.82) is 0 Å². The molecule has 31 heavy (non-hydrogen) atoms. The second-order valence-corrected chi connectivity index (χ2v) is 9.72. The highest BCUT2D eigenvalue weighted by Gasteiger charge is 2.44. The van der Waals surface area contributed by atoms with Crippen LogP contribution in [-0.4, -0.2) is 52.8 Å². The molecule has 3 rings (SSSR count). The first-order chi connectivity index (χ1) is 14.6. The molecule has 2 atom stereocenters. The Hall–Kier alpha value is -2.05. The second-order valence-electron chi connectivity index (χ2n) is 9.72. The molecule has 6 heteroatoms. The van der Waals surface area contributed by atoms with E-state index in [1.165, 1.54) is 26.9 Å². The van der Waals surface area contributed by atoms with E-state index in [1.807, 2.05) is 13.8 Å². The van der Waals surface area contributed by atoms with E-state index in [2.05, 4.69) is 49.9 Å². The fourth-order valence-corrected chi connectivity index (χ4v) is 4.94. The molecule has 2 heterocycles. The van der Waals surface area contributed by atoms with Crippen LogP contribution in [0.2, 0.25) is 0 Å². The molecule has 172 valence electrons. The topological polar surface area (TPSA) is 63.9 Å². The summed E-state index contributed by atoms with van der Waals surface area (Å²) in [4.78, 5) is 13.4. The van der Waals surface area contributed by atoms with Crippen LogP contribution < -0.4 is 0 Å². The average molecular weight is 431 g/mol. The number of benzene rings is 1. The van der Waals surface area contributed by atoms with E-state index in [-0.39, 0.29) is 6.04 Å². The van der Waals surface area contributed by atoms with Gasteiger partial charge in [0.2, 0.25) is 0 Å². The lowest BCUT2D eigenvalue weighted by atomic mass is 9.83. The van der Waals surface area contributed by atoms with Crippen LogP contribution in [0.3, 0.4) is 0 Å². The zero-order chi connectivity index (χ0) is 22.8. The van der Waals surface area contributed by atoms with E-state index in [4.69, 9.17) is 9.47 Å². The maximum Gasteiger partial charge on any atom is 0.409 e. The minimum atomic E-state index is -0.901. The Bertz CT molecular complexity index is 902. The molecule has 1 aliphatic heterocycles. The van der Waals surface area contributed by atoms with Gasteiger partial charge < -0.3 is 19.1 Å². The first-order valence-electron chi connectivity index (χ1n) is 11.4. The molecule has 1 saturated heterocycles. The number of nitrogens with zero attached hydrogens (tertiary/aromatic N) is 2. The van der Waals surface area contributed by atoms with Crippen molar-refractivity contribution in [3.05, 3.63) is 35.5 Å². The van der Waals surface area contributed by atoms with Gasteiger partial charge in [-0.25, -0.2) is 4.79 Å². The summed E-state index contributed by atoms with van der Waals surface area (Å²) < 4.78 is 13.2. The third-order valence-corrected chi connectivity index (χ3v) is 6.73. The van der Waals surface area contributed by atoms with Gasteiger partial charge in [-0.1, -0.05) is 19.9 Å². The Balaban J connectivity index is 1.79. The van der Waals surface area contributed by atoms with Gasteiger partial charge in [0.25, 0.3) is 0 Å². The fourth-order valence-electron chi connectivity index (χ4n) is 4.94. The number of aryl methyl sites for hydroxylation is 2. The van der Waals surface area contributed by atoms with Crippen molar-refractivity contribution >= 4 is 17.0 Å². The average Bonchev–Trinajstić information content (AvgIpc) is 3.17. The van der Waals surface area contributed by atoms with E-state index in [0.29, 0.717) is 18.4 Å². The number of hydrogen-bond donors (Lipinski definition) is 1. The van der Waals surface area contributed by atoms with Gasteiger partial charge in [-0.05, 0) is 74.6 Å². The van der Waals surface area contributed by atoms with Crippen LogP contribution in [0.5, 0.6) is 0 Å². The number of methoxy groups -OCH3 is 1. The van der Waals surface area contributed by atoms with E-state index < -0.39 is 11.8 Å². The van der Waals surface area contributed by atoms with Crippen molar-refractivity contribution in [2.75, 3.05) is 20.3 Å². The number of carbonyl (C=O) groups is 1. The molecule has 2 unspecified atom stereocenters. The Labute approximate surface area is 186 Å². The van der Waals surface area contributed by atoms with Crippen LogP contribution in [0.4, 0.5) is 4.79 Å². The third-order valence-electron chi connectivity index (χ3n) is 6.73. The predicted octanol–water partition coefficient (Wildman–Crippen LogP) is 5.08. The van der Waals surface area contributed by atoms with Gasteiger partial charge in [0.1, 0.15) is 5.72 Å². The molecular formula is C25H38N2O4. The van der Waals surface area contributed by atoms with Gasteiger partial charge >= 0.3 is 6.09 Å². The maximum absolute atomic E-state index is 11.9. The molecule has 0 spiro atoms. The maximum atomic E-state index is 11.9. The molecule has 6 nitrogen and oxygen atoms in total. The minimum absolute atomic E-state index is 0.107. The molecule has 0 saturated carbocycles. The molecule has 0 bridgehead atoms. The molecule has 1 N–H and O–H groups in total. The zero-order valence-corrected chi connectivity index (χ0v) is 19.9.